The molecule has 2 heterocycles. The SMILES string of the molecule is COc1ccc(C2=C(N3CCOCC3)C(=O)N(c3ccccc3F)C2=O)cc1. The van der Waals surface area contributed by atoms with Gasteiger partial charge in [-0.15, -0.1) is 0 Å². The third kappa shape index (κ3) is 3.03. The molecule has 2 aromatic rings. The fourth-order valence-corrected chi connectivity index (χ4v) is 3.47. The first kappa shape index (κ1) is 18.2. The van der Waals surface area contributed by atoms with Gasteiger partial charge in [-0.05, 0) is 29.8 Å². The molecular weight excluding hydrogens is 363 g/mol. The van der Waals surface area contributed by atoms with Crippen molar-refractivity contribution in [3.8, 4) is 5.75 Å². The van der Waals surface area contributed by atoms with Gasteiger partial charge in [-0.2, -0.15) is 0 Å². The smallest absolute Gasteiger partial charge is 0.282 e. The van der Waals surface area contributed by atoms with Crippen LogP contribution in [0.2, 0.25) is 0 Å². The van der Waals surface area contributed by atoms with Gasteiger partial charge in [-0.1, -0.05) is 24.3 Å². The lowest BCUT2D eigenvalue weighted by molar-refractivity contribution is -0.121. The summed E-state index contributed by atoms with van der Waals surface area (Å²) in [5, 5.41) is 0. The largest absolute Gasteiger partial charge is 0.497 e. The van der Waals surface area contributed by atoms with Crippen LogP contribution in [0.4, 0.5) is 10.1 Å². The topological polar surface area (TPSA) is 59.1 Å². The second kappa shape index (κ2) is 7.44. The lowest BCUT2D eigenvalue weighted by atomic mass is 10.0. The Bertz CT molecular complexity index is 949. The molecule has 2 aromatic carbocycles. The molecule has 0 atom stereocenters. The van der Waals surface area contributed by atoms with Crippen LogP contribution in [0, 0.1) is 5.82 Å². The normalized spacial score (nSPS) is 17.5. The standard InChI is InChI=1S/C21H19FN2O4/c1-27-15-8-6-14(7-9-15)18-19(23-10-12-28-13-11-23)21(26)24(20(18)25)17-5-3-2-4-16(17)22/h2-9H,10-13H2,1H3. The van der Waals surface area contributed by atoms with Crippen LogP contribution < -0.4 is 9.64 Å². The van der Waals surface area contributed by atoms with Crippen LogP contribution in [-0.2, 0) is 14.3 Å². The molecule has 0 radical (unpaired) electrons. The fraction of sp³-hybridized carbons (Fsp3) is 0.238. The summed E-state index contributed by atoms with van der Waals surface area (Å²) in [5.74, 6) is -1.05. The zero-order chi connectivity index (χ0) is 19.7. The second-order valence-electron chi connectivity index (χ2n) is 6.45. The van der Waals surface area contributed by atoms with E-state index in [0.29, 0.717) is 37.6 Å². The van der Waals surface area contributed by atoms with E-state index in [4.69, 9.17) is 9.47 Å². The third-order valence-electron chi connectivity index (χ3n) is 4.86. The van der Waals surface area contributed by atoms with Crippen LogP contribution >= 0.6 is 0 Å². The predicted molar refractivity (Wildman–Crippen MR) is 101 cm³/mol. The van der Waals surface area contributed by atoms with Gasteiger partial charge in [0.15, 0.2) is 0 Å². The number of hydrogen-bond acceptors (Lipinski definition) is 5. The van der Waals surface area contributed by atoms with Gasteiger partial charge in [0.1, 0.15) is 17.3 Å². The Kier molecular flexibility index (Phi) is 4.83. The number of nitrogens with zero attached hydrogens (tertiary/aromatic N) is 2. The maximum absolute atomic E-state index is 14.4. The van der Waals surface area contributed by atoms with Crippen LogP contribution in [-0.4, -0.2) is 50.1 Å². The molecule has 2 aliphatic heterocycles. The van der Waals surface area contributed by atoms with E-state index in [2.05, 4.69) is 0 Å². The number of halogens is 1. The molecule has 4 rings (SSSR count). The van der Waals surface area contributed by atoms with Crippen LogP contribution in [0.25, 0.3) is 5.57 Å². The first-order chi connectivity index (χ1) is 13.6. The summed E-state index contributed by atoms with van der Waals surface area (Å²) >= 11 is 0. The van der Waals surface area contributed by atoms with E-state index in [1.807, 2.05) is 4.90 Å². The zero-order valence-corrected chi connectivity index (χ0v) is 15.4. The fourth-order valence-electron chi connectivity index (χ4n) is 3.47. The first-order valence-electron chi connectivity index (χ1n) is 8.96. The van der Waals surface area contributed by atoms with Crippen molar-refractivity contribution < 1.29 is 23.5 Å². The molecule has 0 aromatic heterocycles. The van der Waals surface area contributed by atoms with E-state index in [9.17, 15) is 14.0 Å². The van der Waals surface area contributed by atoms with E-state index < -0.39 is 17.6 Å². The Hall–Kier alpha value is -3.19. The lowest BCUT2D eigenvalue weighted by Gasteiger charge is -2.29. The summed E-state index contributed by atoms with van der Waals surface area (Å²) in [6.07, 6.45) is 0. The molecule has 0 spiro atoms. The molecule has 6 nitrogen and oxygen atoms in total. The molecule has 0 unspecified atom stereocenters. The number of anilines is 1. The maximum Gasteiger partial charge on any atom is 0.282 e. The van der Waals surface area contributed by atoms with Gasteiger partial charge in [0.25, 0.3) is 11.8 Å². The number of morpholine rings is 1. The number of carbonyl (C=O) groups excluding carboxylic acids is 2. The van der Waals surface area contributed by atoms with Crippen LogP contribution in [0.5, 0.6) is 5.75 Å². The van der Waals surface area contributed by atoms with Crippen molar-refractivity contribution in [2.45, 2.75) is 0 Å². The zero-order valence-electron chi connectivity index (χ0n) is 15.4. The Labute approximate surface area is 161 Å². The quantitative estimate of drug-likeness (QED) is 0.761. The number of amides is 2. The van der Waals surface area contributed by atoms with Crippen molar-refractivity contribution in [3.05, 3.63) is 65.6 Å². The monoisotopic (exact) mass is 382 g/mol. The number of ether oxygens (including phenoxy) is 2. The summed E-state index contributed by atoms with van der Waals surface area (Å²) < 4.78 is 24.9. The van der Waals surface area contributed by atoms with Gasteiger partial charge < -0.3 is 14.4 Å². The van der Waals surface area contributed by atoms with Crippen molar-refractivity contribution in [3.63, 3.8) is 0 Å². The lowest BCUT2D eigenvalue weighted by Crippen LogP contribution is -2.40. The van der Waals surface area contributed by atoms with Crippen molar-refractivity contribution in [2.75, 3.05) is 38.3 Å². The molecule has 28 heavy (non-hydrogen) atoms. The third-order valence-corrected chi connectivity index (χ3v) is 4.86. The summed E-state index contributed by atoms with van der Waals surface area (Å²) in [6.45, 7) is 1.89. The average molecular weight is 382 g/mol. The van der Waals surface area contributed by atoms with Crippen molar-refractivity contribution >= 4 is 23.1 Å². The van der Waals surface area contributed by atoms with Crippen LogP contribution in [0.15, 0.2) is 54.2 Å². The number of hydrogen-bond donors (Lipinski definition) is 0. The molecule has 1 fully saturated rings. The highest BCUT2D eigenvalue weighted by Gasteiger charge is 2.43. The molecule has 0 bridgehead atoms. The van der Waals surface area contributed by atoms with Crippen molar-refractivity contribution in [2.24, 2.45) is 0 Å². The molecule has 0 N–H and O–H groups in total. The first-order valence-corrected chi connectivity index (χ1v) is 8.96. The maximum atomic E-state index is 14.4. The Morgan fingerprint density at radius 3 is 2.29 bits per heavy atom. The van der Waals surface area contributed by atoms with E-state index in [-0.39, 0.29) is 17.0 Å². The second-order valence-corrected chi connectivity index (χ2v) is 6.45. The Balaban J connectivity index is 1.83. The number of imide groups is 1. The molecule has 0 aliphatic carbocycles. The van der Waals surface area contributed by atoms with Gasteiger partial charge in [0.05, 0.1) is 31.6 Å². The molecular formula is C21H19FN2O4. The summed E-state index contributed by atoms with van der Waals surface area (Å²) in [6, 6.07) is 12.7. The minimum atomic E-state index is -0.624. The highest BCUT2D eigenvalue weighted by Crippen LogP contribution is 2.36. The summed E-state index contributed by atoms with van der Waals surface area (Å²) in [5.41, 5.74) is 1.07. The number of benzene rings is 2. The van der Waals surface area contributed by atoms with Crippen molar-refractivity contribution in [1.82, 2.24) is 4.90 Å². The van der Waals surface area contributed by atoms with Gasteiger partial charge in [0, 0.05) is 13.1 Å². The number of methoxy groups -OCH3 is 1. The number of rotatable bonds is 4. The minimum Gasteiger partial charge on any atom is -0.497 e. The molecule has 7 heteroatoms. The van der Waals surface area contributed by atoms with E-state index in [1.54, 1.807) is 37.4 Å². The predicted octanol–water partition coefficient (Wildman–Crippen LogP) is 2.45. The van der Waals surface area contributed by atoms with Crippen LogP contribution in [0.1, 0.15) is 5.56 Å². The minimum absolute atomic E-state index is 0.0493. The highest BCUT2D eigenvalue weighted by molar-refractivity contribution is 6.45. The molecule has 2 aliphatic rings. The van der Waals surface area contributed by atoms with Gasteiger partial charge in [0.2, 0.25) is 0 Å². The average Bonchev–Trinajstić information content (AvgIpc) is 2.99. The van der Waals surface area contributed by atoms with Gasteiger partial charge in [-0.3, -0.25) is 9.59 Å². The highest BCUT2D eigenvalue weighted by atomic mass is 19.1. The van der Waals surface area contributed by atoms with Crippen molar-refractivity contribution in [1.29, 1.82) is 0 Å². The molecule has 0 saturated carbocycles. The van der Waals surface area contributed by atoms with Gasteiger partial charge in [-0.25, -0.2) is 9.29 Å². The van der Waals surface area contributed by atoms with E-state index >= 15 is 0 Å². The number of para-hydroxylation sites is 1. The van der Waals surface area contributed by atoms with E-state index in [1.165, 1.54) is 18.2 Å². The summed E-state index contributed by atoms with van der Waals surface area (Å²) in [4.78, 5) is 29.3. The summed E-state index contributed by atoms with van der Waals surface area (Å²) in [7, 11) is 1.55. The Morgan fingerprint density at radius 2 is 1.64 bits per heavy atom. The van der Waals surface area contributed by atoms with E-state index in [0.717, 1.165) is 4.90 Å². The van der Waals surface area contributed by atoms with Gasteiger partial charge >= 0.3 is 0 Å². The van der Waals surface area contributed by atoms with Crippen LogP contribution in [0.3, 0.4) is 0 Å². The Morgan fingerprint density at radius 1 is 0.964 bits per heavy atom. The molecule has 2 amide bonds. The number of carbonyl (C=O) groups is 2. The molecule has 144 valence electrons. The molecule has 1 saturated heterocycles.